The molecule has 4 aromatic rings. The topological polar surface area (TPSA) is 78.1 Å². The fraction of sp³-hybridized carbons (Fsp3) is 0.208. The Labute approximate surface area is 179 Å². The molecule has 0 unspecified atom stereocenters. The van der Waals surface area contributed by atoms with E-state index in [1.54, 1.807) is 18.3 Å². The summed E-state index contributed by atoms with van der Waals surface area (Å²) in [5.74, 6) is 0.545. The highest BCUT2D eigenvalue weighted by Gasteiger charge is 2.17. The van der Waals surface area contributed by atoms with Crippen LogP contribution in [0.2, 0.25) is 0 Å². The van der Waals surface area contributed by atoms with Gasteiger partial charge in [-0.25, -0.2) is 14.3 Å². The molecule has 0 spiro atoms. The van der Waals surface area contributed by atoms with Crippen molar-refractivity contribution < 1.29 is 9.53 Å². The Morgan fingerprint density at radius 2 is 1.81 bits per heavy atom. The lowest BCUT2D eigenvalue weighted by Gasteiger charge is -2.08. The molecular formula is C24H24N4O3. The third kappa shape index (κ3) is 4.35. The minimum absolute atomic E-state index is 0.0864. The molecule has 0 saturated carbocycles. The molecule has 158 valence electrons. The molecule has 7 nitrogen and oxygen atoms in total. The van der Waals surface area contributed by atoms with Crippen molar-refractivity contribution >= 4 is 17.1 Å². The number of benzene rings is 2. The van der Waals surface area contributed by atoms with E-state index in [4.69, 9.17) is 4.74 Å². The van der Waals surface area contributed by atoms with Gasteiger partial charge in [0.2, 0.25) is 5.91 Å². The molecule has 0 fully saturated rings. The van der Waals surface area contributed by atoms with Crippen LogP contribution in [0.5, 0.6) is 5.75 Å². The fourth-order valence-corrected chi connectivity index (χ4v) is 3.44. The first-order valence-electron chi connectivity index (χ1n) is 10.2. The maximum atomic E-state index is 13.2. The Bertz CT molecular complexity index is 1250. The van der Waals surface area contributed by atoms with E-state index in [2.05, 4.69) is 10.3 Å². The maximum Gasteiger partial charge on any atom is 0.335 e. The van der Waals surface area contributed by atoms with Gasteiger partial charge in [-0.3, -0.25) is 9.36 Å². The lowest BCUT2D eigenvalue weighted by atomic mass is 10.2. The number of aryl methyl sites for hydroxylation is 1. The Kier molecular flexibility index (Phi) is 5.84. The number of amides is 1. The third-order valence-electron chi connectivity index (χ3n) is 5.01. The molecule has 2 aromatic heterocycles. The number of imidazole rings is 1. The summed E-state index contributed by atoms with van der Waals surface area (Å²) >= 11 is 0. The highest BCUT2D eigenvalue weighted by Crippen LogP contribution is 2.16. The predicted molar refractivity (Wildman–Crippen MR) is 120 cm³/mol. The van der Waals surface area contributed by atoms with Crippen LogP contribution in [0.3, 0.4) is 0 Å². The summed E-state index contributed by atoms with van der Waals surface area (Å²) in [5.41, 5.74) is 3.61. The van der Waals surface area contributed by atoms with E-state index < -0.39 is 0 Å². The SMILES string of the molecule is CCOc1ccc(CNC(=O)Cn2c(=O)n(-c3ccc(C)cc3)c3ncccc32)cc1. The monoisotopic (exact) mass is 416 g/mol. The largest absolute Gasteiger partial charge is 0.494 e. The second kappa shape index (κ2) is 8.87. The summed E-state index contributed by atoms with van der Waals surface area (Å²) < 4.78 is 8.42. The molecule has 0 saturated heterocycles. The van der Waals surface area contributed by atoms with Gasteiger partial charge in [0.1, 0.15) is 12.3 Å². The molecule has 31 heavy (non-hydrogen) atoms. The number of hydrogen-bond donors (Lipinski definition) is 1. The van der Waals surface area contributed by atoms with Gasteiger partial charge in [-0.05, 0) is 55.8 Å². The molecule has 0 aliphatic rings. The summed E-state index contributed by atoms with van der Waals surface area (Å²) in [6.45, 7) is 4.81. The summed E-state index contributed by atoms with van der Waals surface area (Å²) in [6, 6.07) is 18.8. The average Bonchev–Trinajstić information content (AvgIpc) is 3.06. The Balaban J connectivity index is 1.55. The molecule has 1 amide bonds. The van der Waals surface area contributed by atoms with Crippen LogP contribution in [-0.2, 0) is 17.9 Å². The van der Waals surface area contributed by atoms with Gasteiger partial charge in [0.15, 0.2) is 5.65 Å². The molecule has 0 atom stereocenters. The van der Waals surface area contributed by atoms with Gasteiger partial charge < -0.3 is 10.1 Å². The van der Waals surface area contributed by atoms with Gasteiger partial charge in [-0.15, -0.1) is 0 Å². The van der Waals surface area contributed by atoms with Gasteiger partial charge in [0.25, 0.3) is 0 Å². The first-order valence-corrected chi connectivity index (χ1v) is 10.2. The highest BCUT2D eigenvalue weighted by molar-refractivity contribution is 5.80. The number of ether oxygens (including phenoxy) is 1. The number of hydrogen-bond acceptors (Lipinski definition) is 4. The zero-order valence-corrected chi connectivity index (χ0v) is 17.5. The van der Waals surface area contributed by atoms with E-state index in [1.807, 2.05) is 62.4 Å². The van der Waals surface area contributed by atoms with Crippen molar-refractivity contribution in [2.45, 2.75) is 26.9 Å². The van der Waals surface area contributed by atoms with Crippen LogP contribution in [-0.4, -0.2) is 26.6 Å². The van der Waals surface area contributed by atoms with Crippen molar-refractivity contribution in [1.29, 1.82) is 0 Å². The molecule has 0 aliphatic carbocycles. The number of aromatic nitrogens is 3. The first kappa shape index (κ1) is 20.4. The normalized spacial score (nSPS) is 10.9. The van der Waals surface area contributed by atoms with Gasteiger partial charge in [-0.1, -0.05) is 29.8 Å². The Morgan fingerprint density at radius 3 is 2.52 bits per heavy atom. The van der Waals surface area contributed by atoms with Gasteiger partial charge in [0.05, 0.1) is 17.8 Å². The summed E-state index contributed by atoms with van der Waals surface area (Å²) in [6.07, 6.45) is 1.64. The number of nitrogens with one attached hydrogen (secondary N) is 1. The molecule has 2 heterocycles. The summed E-state index contributed by atoms with van der Waals surface area (Å²) in [4.78, 5) is 30.2. The molecule has 4 rings (SSSR count). The Hall–Kier alpha value is -3.87. The molecular weight excluding hydrogens is 392 g/mol. The quantitative estimate of drug-likeness (QED) is 0.502. The number of nitrogens with zero attached hydrogens (tertiary/aromatic N) is 3. The maximum absolute atomic E-state index is 13.2. The molecule has 0 aliphatic heterocycles. The minimum Gasteiger partial charge on any atom is -0.494 e. The van der Waals surface area contributed by atoms with E-state index in [-0.39, 0.29) is 18.1 Å². The van der Waals surface area contributed by atoms with E-state index in [9.17, 15) is 9.59 Å². The smallest absolute Gasteiger partial charge is 0.335 e. The van der Waals surface area contributed by atoms with Crippen LogP contribution in [0.1, 0.15) is 18.1 Å². The van der Waals surface area contributed by atoms with Gasteiger partial charge >= 0.3 is 5.69 Å². The van der Waals surface area contributed by atoms with Crippen molar-refractivity contribution in [2.75, 3.05) is 6.61 Å². The molecule has 7 heteroatoms. The fourth-order valence-electron chi connectivity index (χ4n) is 3.44. The van der Waals surface area contributed by atoms with E-state index in [0.717, 1.165) is 16.9 Å². The summed E-state index contributed by atoms with van der Waals surface area (Å²) in [7, 11) is 0. The number of carbonyl (C=O) groups is 1. The van der Waals surface area contributed by atoms with Crippen molar-refractivity contribution in [3.8, 4) is 11.4 Å². The van der Waals surface area contributed by atoms with Crippen molar-refractivity contribution in [3.63, 3.8) is 0 Å². The van der Waals surface area contributed by atoms with Crippen molar-refractivity contribution in [2.24, 2.45) is 0 Å². The first-order chi connectivity index (χ1) is 15.1. The third-order valence-corrected chi connectivity index (χ3v) is 5.01. The van der Waals surface area contributed by atoms with E-state index >= 15 is 0 Å². The molecule has 2 aromatic carbocycles. The van der Waals surface area contributed by atoms with Crippen LogP contribution in [0.15, 0.2) is 71.7 Å². The second-order valence-electron chi connectivity index (χ2n) is 7.24. The minimum atomic E-state index is -0.297. The zero-order valence-electron chi connectivity index (χ0n) is 17.5. The lowest BCUT2D eigenvalue weighted by molar-refractivity contribution is -0.121. The second-order valence-corrected chi connectivity index (χ2v) is 7.24. The number of pyridine rings is 1. The average molecular weight is 416 g/mol. The van der Waals surface area contributed by atoms with Crippen molar-refractivity contribution in [3.05, 3.63) is 88.5 Å². The lowest BCUT2D eigenvalue weighted by Crippen LogP contribution is -2.32. The summed E-state index contributed by atoms with van der Waals surface area (Å²) in [5, 5.41) is 2.88. The number of fused-ring (bicyclic) bond motifs is 1. The zero-order chi connectivity index (χ0) is 21.8. The number of rotatable bonds is 7. The van der Waals surface area contributed by atoms with Crippen molar-refractivity contribution in [1.82, 2.24) is 19.4 Å². The number of carbonyl (C=O) groups excluding carboxylic acids is 1. The van der Waals surface area contributed by atoms with E-state index in [0.29, 0.717) is 30.0 Å². The Morgan fingerprint density at radius 1 is 1.06 bits per heavy atom. The standard InChI is InChI=1S/C24H24N4O3/c1-3-31-20-12-8-18(9-13-20)15-26-22(29)16-27-21-5-4-14-25-23(21)28(24(27)30)19-10-6-17(2)7-11-19/h4-14H,3,15-16H2,1-2H3,(H,26,29). The van der Waals surface area contributed by atoms with Crippen LogP contribution in [0.25, 0.3) is 16.9 Å². The van der Waals surface area contributed by atoms with Crippen LogP contribution >= 0.6 is 0 Å². The van der Waals surface area contributed by atoms with Crippen LogP contribution < -0.4 is 15.7 Å². The highest BCUT2D eigenvalue weighted by atomic mass is 16.5. The van der Waals surface area contributed by atoms with E-state index in [1.165, 1.54) is 9.13 Å². The molecule has 0 radical (unpaired) electrons. The molecule has 1 N–H and O–H groups in total. The van der Waals surface area contributed by atoms with Gasteiger partial charge in [0, 0.05) is 12.7 Å². The molecule has 0 bridgehead atoms. The predicted octanol–water partition coefficient (Wildman–Crippen LogP) is 3.21. The van der Waals surface area contributed by atoms with Crippen LogP contribution in [0.4, 0.5) is 0 Å². The van der Waals surface area contributed by atoms with Crippen LogP contribution in [0, 0.1) is 6.92 Å². The van der Waals surface area contributed by atoms with Gasteiger partial charge in [-0.2, -0.15) is 0 Å².